The predicted octanol–water partition coefficient (Wildman–Crippen LogP) is 2.67. The molecule has 19 heavy (non-hydrogen) atoms. The minimum atomic E-state index is -0.657. The number of hydrogen-bond acceptors (Lipinski definition) is 5. The lowest BCUT2D eigenvalue weighted by atomic mass is 10.2. The molecule has 1 amide bonds. The van der Waals surface area contributed by atoms with Crippen LogP contribution >= 0.6 is 11.3 Å². The molecule has 0 aliphatic carbocycles. The Morgan fingerprint density at radius 1 is 1.53 bits per heavy atom. The van der Waals surface area contributed by atoms with Crippen LogP contribution in [-0.4, -0.2) is 22.4 Å². The summed E-state index contributed by atoms with van der Waals surface area (Å²) in [6, 6.07) is 1.34. The molecule has 2 heterocycles. The highest BCUT2D eigenvalue weighted by atomic mass is 32.1. The molecule has 0 radical (unpaired) electrons. The number of rotatable bonds is 4. The second-order valence-electron chi connectivity index (χ2n) is 3.80. The average molecular weight is 280 g/mol. The van der Waals surface area contributed by atoms with Crippen LogP contribution in [0.4, 0.5) is 15.3 Å². The molecule has 2 aromatic rings. The van der Waals surface area contributed by atoms with Crippen LogP contribution in [0.25, 0.3) is 0 Å². The Morgan fingerprint density at radius 2 is 2.32 bits per heavy atom. The van der Waals surface area contributed by atoms with E-state index in [4.69, 9.17) is 0 Å². The first-order valence-electron chi connectivity index (χ1n) is 5.73. The predicted molar refractivity (Wildman–Crippen MR) is 73.2 cm³/mol. The van der Waals surface area contributed by atoms with Gasteiger partial charge in [0.25, 0.3) is 5.91 Å². The monoisotopic (exact) mass is 280 g/mol. The Kier molecular flexibility index (Phi) is 4.06. The molecular weight excluding hydrogens is 267 g/mol. The topological polar surface area (TPSA) is 66.9 Å². The molecule has 7 heteroatoms. The SMILES string of the molecule is CCNc1nccc(C(=O)Nc2nc(C)cs2)c1F. The van der Waals surface area contributed by atoms with Gasteiger partial charge in [-0.1, -0.05) is 0 Å². The van der Waals surface area contributed by atoms with Crippen LogP contribution < -0.4 is 10.6 Å². The largest absolute Gasteiger partial charge is 0.368 e. The van der Waals surface area contributed by atoms with Crippen molar-refractivity contribution >= 4 is 28.2 Å². The van der Waals surface area contributed by atoms with E-state index in [1.807, 2.05) is 19.2 Å². The highest BCUT2D eigenvalue weighted by Crippen LogP contribution is 2.19. The highest BCUT2D eigenvalue weighted by Gasteiger charge is 2.16. The molecule has 0 atom stereocenters. The molecule has 0 aromatic carbocycles. The zero-order valence-electron chi connectivity index (χ0n) is 10.5. The molecule has 0 saturated heterocycles. The van der Waals surface area contributed by atoms with Gasteiger partial charge in [0.15, 0.2) is 16.8 Å². The third kappa shape index (κ3) is 3.05. The van der Waals surface area contributed by atoms with Crippen molar-refractivity contribution in [2.24, 2.45) is 0 Å². The van der Waals surface area contributed by atoms with Gasteiger partial charge in [0, 0.05) is 18.1 Å². The number of amides is 1. The zero-order valence-corrected chi connectivity index (χ0v) is 11.3. The van der Waals surface area contributed by atoms with Gasteiger partial charge >= 0.3 is 0 Å². The molecule has 0 bridgehead atoms. The van der Waals surface area contributed by atoms with E-state index in [0.717, 1.165) is 5.69 Å². The van der Waals surface area contributed by atoms with Crippen LogP contribution in [0.1, 0.15) is 23.0 Å². The van der Waals surface area contributed by atoms with Gasteiger partial charge in [-0.15, -0.1) is 11.3 Å². The Hall–Kier alpha value is -2.02. The summed E-state index contributed by atoms with van der Waals surface area (Å²) in [5.74, 6) is -1.12. The van der Waals surface area contributed by atoms with Crippen molar-refractivity contribution in [2.75, 3.05) is 17.2 Å². The number of anilines is 2. The molecule has 0 saturated carbocycles. The maximum atomic E-state index is 14.0. The standard InChI is InChI=1S/C12H13FN4OS/c1-3-14-10-9(13)8(4-5-15-10)11(18)17-12-16-7(2)6-19-12/h4-6H,3H2,1-2H3,(H,14,15)(H,16,17,18). The Bertz CT molecular complexity index is 599. The van der Waals surface area contributed by atoms with E-state index in [1.54, 1.807) is 0 Å². The molecule has 5 nitrogen and oxygen atoms in total. The van der Waals surface area contributed by atoms with E-state index >= 15 is 0 Å². The number of nitrogens with zero attached hydrogens (tertiary/aromatic N) is 2. The summed E-state index contributed by atoms with van der Waals surface area (Å²) >= 11 is 1.30. The second kappa shape index (κ2) is 5.75. The number of nitrogens with one attached hydrogen (secondary N) is 2. The van der Waals surface area contributed by atoms with Crippen LogP contribution in [0.15, 0.2) is 17.6 Å². The quantitative estimate of drug-likeness (QED) is 0.903. The van der Waals surface area contributed by atoms with Crippen molar-refractivity contribution < 1.29 is 9.18 Å². The van der Waals surface area contributed by atoms with E-state index < -0.39 is 11.7 Å². The average Bonchev–Trinajstić information content (AvgIpc) is 2.77. The molecule has 0 spiro atoms. The van der Waals surface area contributed by atoms with Crippen molar-refractivity contribution in [2.45, 2.75) is 13.8 Å². The fourth-order valence-electron chi connectivity index (χ4n) is 1.49. The third-order valence-corrected chi connectivity index (χ3v) is 3.19. The lowest BCUT2D eigenvalue weighted by Gasteiger charge is -2.07. The van der Waals surface area contributed by atoms with Gasteiger partial charge in [-0.25, -0.2) is 14.4 Å². The van der Waals surface area contributed by atoms with Crippen molar-refractivity contribution in [1.82, 2.24) is 9.97 Å². The first-order valence-corrected chi connectivity index (χ1v) is 6.61. The summed E-state index contributed by atoms with van der Waals surface area (Å²) in [5, 5.41) is 7.58. The lowest BCUT2D eigenvalue weighted by molar-refractivity contribution is 0.102. The van der Waals surface area contributed by atoms with Crippen LogP contribution in [0.5, 0.6) is 0 Å². The Morgan fingerprint density at radius 3 is 2.95 bits per heavy atom. The normalized spacial score (nSPS) is 10.3. The van der Waals surface area contributed by atoms with Crippen molar-refractivity contribution in [3.63, 3.8) is 0 Å². The van der Waals surface area contributed by atoms with Gasteiger partial charge in [0.05, 0.1) is 11.3 Å². The number of carbonyl (C=O) groups excluding carboxylic acids is 1. The third-order valence-electron chi connectivity index (χ3n) is 2.32. The molecule has 2 N–H and O–H groups in total. The fraction of sp³-hybridized carbons (Fsp3) is 0.250. The second-order valence-corrected chi connectivity index (χ2v) is 4.66. The van der Waals surface area contributed by atoms with Crippen LogP contribution in [0.3, 0.4) is 0 Å². The minimum absolute atomic E-state index is 0.0567. The van der Waals surface area contributed by atoms with E-state index in [9.17, 15) is 9.18 Å². The van der Waals surface area contributed by atoms with E-state index in [0.29, 0.717) is 11.7 Å². The van der Waals surface area contributed by atoms with Crippen molar-refractivity contribution in [1.29, 1.82) is 0 Å². The minimum Gasteiger partial charge on any atom is -0.368 e. The Balaban J connectivity index is 2.21. The number of halogens is 1. The van der Waals surface area contributed by atoms with Gasteiger partial charge in [-0.05, 0) is 19.9 Å². The number of pyridine rings is 1. The molecule has 0 fully saturated rings. The lowest BCUT2D eigenvalue weighted by Crippen LogP contribution is -2.15. The molecule has 0 unspecified atom stereocenters. The van der Waals surface area contributed by atoms with Gasteiger partial charge in [-0.3, -0.25) is 10.1 Å². The maximum Gasteiger partial charge on any atom is 0.260 e. The number of thiazole rings is 1. The molecule has 0 aliphatic rings. The van der Waals surface area contributed by atoms with E-state index in [2.05, 4.69) is 20.6 Å². The first kappa shape index (κ1) is 13.4. The highest BCUT2D eigenvalue weighted by molar-refractivity contribution is 7.13. The summed E-state index contributed by atoms with van der Waals surface area (Å²) in [5.41, 5.74) is 0.752. The summed E-state index contributed by atoms with van der Waals surface area (Å²) in [7, 11) is 0. The van der Waals surface area contributed by atoms with Gasteiger partial charge in [0.2, 0.25) is 0 Å². The van der Waals surface area contributed by atoms with E-state index in [1.165, 1.54) is 23.6 Å². The van der Waals surface area contributed by atoms with Crippen molar-refractivity contribution in [3.8, 4) is 0 Å². The van der Waals surface area contributed by atoms with Gasteiger partial charge in [0.1, 0.15) is 0 Å². The summed E-state index contributed by atoms with van der Waals surface area (Å²) in [6.07, 6.45) is 1.39. The molecule has 2 aromatic heterocycles. The van der Waals surface area contributed by atoms with Crippen molar-refractivity contribution in [3.05, 3.63) is 34.7 Å². The number of carbonyl (C=O) groups is 1. The summed E-state index contributed by atoms with van der Waals surface area (Å²) in [4.78, 5) is 19.9. The fourth-order valence-corrected chi connectivity index (χ4v) is 2.17. The van der Waals surface area contributed by atoms with Gasteiger partial charge in [-0.2, -0.15) is 0 Å². The molecule has 2 rings (SSSR count). The number of aromatic nitrogens is 2. The number of hydrogen-bond donors (Lipinski definition) is 2. The maximum absolute atomic E-state index is 14.0. The number of aryl methyl sites for hydroxylation is 1. The zero-order chi connectivity index (χ0) is 13.8. The molecule has 0 aliphatic heterocycles. The van der Waals surface area contributed by atoms with Crippen LogP contribution in [-0.2, 0) is 0 Å². The van der Waals surface area contributed by atoms with Crippen LogP contribution in [0, 0.1) is 12.7 Å². The first-order chi connectivity index (χ1) is 9.11. The Labute approximate surface area is 113 Å². The van der Waals surface area contributed by atoms with Gasteiger partial charge < -0.3 is 5.32 Å². The smallest absolute Gasteiger partial charge is 0.260 e. The molecule has 100 valence electrons. The summed E-state index contributed by atoms with van der Waals surface area (Å²) in [6.45, 7) is 4.18. The summed E-state index contributed by atoms with van der Waals surface area (Å²) < 4.78 is 14.0. The molecular formula is C12H13FN4OS. The van der Waals surface area contributed by atoms with E-state index in [-0.39, 0.29) is 11.4 Å². The van der Waals surface area contributed by atoms with Crippen LogP contribution in [0.2, 0.25) is 0 Å².